The van der Waals surface area contributed by atoms with Crippen LogP contribution in [-0.4, -0.2) is 9.97 Å². The van der Waals surface area contributed by atoms with Crippen molar-refractivity contribution in [2.75, 3.05) is 0 Å². The average Bonchev–Trinajstić information content (AvgIpc) is 2.72. The Morgan fingerprint density at radius 3 is 1.66 bits per heavy atom. The summed E-state index contributed by atoms with van der Waals surface area (Å²) in [5.41, 5.74) is 4.17. The van der Waals surface area contributed by atoms with Crippen molar-refractivity contribution in [1.82, 2.24) is 9.97 Å². The maximum absolute atomic E-state index is 8.01. The third-order valence-corrected chi connectivity index (χ3v) is 4.89. The van der Waals surface area contributed by atoms with E-state index in [1.165, 1.54) is 16.2 Å². The van der Waals surface area contributed by atoms with Crippen molar-refractivity contribution >= 4 is 57.8 Å². The van der Waals surface area contributed by atoms with E-state index >= 15 is 0 Å². The van der Waals surface area contributed by atoms with Gasteiger partial charge in [0.05, 0.1) is 23.7 Å². The fraction of sp³-hybridized carbons (Fsp3) is 0.0909. The second-order valence-corrected chi connectivity index (χ2v) is 6.93. The average molecular weight is 594 g/mol. The van der Waals surface area contributed by atoms with Crippen molar-refractivity contribution in [3.63, 3.8) is 0 Å². The number of hydrogen-bond acceptors (Lipinski definition) is 5. The van der Waals surface area contributed by atoms with E-state index in [4.69, 9.17) is 21.8 Å². The van der Waals surface area contributed by atoms with Crippen LogP contribution in [-0.2, 0) is 46.3 Å². The van der Waals surface area contributed by atoms with E-state index in [0.29, 0.717) is 0 Å². The molecular formula is C22H14N4PtS2. The minimum absolute atomic E-state index is 0. The molecule has 0 bridgehead atoms. The second kappa shape index (κ2) is 9.72. The van der Waals surface area contributed by atoms with Gasteiger partial charge in [-0.2, -0.15) is 5.26 Å². The number of nitriles is 1. The van der Waals surface area contributed by atoms with Crippen LogP contribution in [0.4, 0.5) is 0 Å². The first-order chi connectivity index (χ1) is 13.4. The van der Waals surface area contributed by atoms with Gasteiger partial charge in [0.1, 0.15) is 0 Å². The summed E-state index contributed by atoms with van der Waals surface area (Å²) in [6.45, 7) is 10.3. The maximum atomic E-state index is 8.01. The number of allylic oxidation sites excluding steroid dienone is 1. The number of rotatable bonds is 0. The zero-order valence-corrected chi connectivity index (χ0v) is 19.4. The van der Waals surface area contributed by atoms with Crippen molar-refractivity contribution in [2.24, 2.45) is 0 Å². The van der Waals surface area contributed by atoms with E-state index in [-0.39, 0.29) is 31.0 Å². The molecule has 7 heteroatoms. The quantitative estimate of drug-likeness (QED) is 0.121. The van der Waals surface area contributed by atoms with E-state index in [0.717, 1.165) is 27.8 Å². The molecule has 0 saturated carbocycles. The van der Waals surface area contributed by atoms with Crippen LogP contribution >= 0.6 is 0 Å². The smallest absolute Gasteiger partial charge is 0.812 e. The van der Waals surface area contributed by atoms with E-state index in [1.54, 1.807) is 6.07 Å². The van der Waals surface area contributed by atoms with E-state index < -0.39 is 0 Å². The minimum atomic E-state index is -0.123. The number of hydrogen-bond donors (Lipinski definition) is 0. The van der Waals surface area contributed by atoms with Crippen molar-refractivity contribution in [1.29, 1.82) is 5.26 Å². The molecule has 2 aromatic heterocycles. The fourth-order valence-corrected chi connectivity index (χ4v) is 2.96. The van der Waals surface area contributed by atoms with Crippen LogP contribution in [0.15, 0.2) is 58.5 Å². The molecule has 29 heavy (non-hydrogen) atoms. The Bertz CT molecular complexity index is 1240. The predicted molar refractivity (Wildman–Crippen MR) is 118 cm³/mol. The molecule has 0 aliphatic heterocycles. The molecule has 0 fully saturated rings. The van der Waals surface area contributed by atoms with Crippen LogP contribution in [0.1, 0.15) is 11.4 Å². The number of aromatic nitrogens is 2. The van der Waals surface area contributed by atoms with Gasteiger partial charge >= 0.3 is 21.1 Å². The molecular weight excluding hydrogens is 579 g/mol. The van der Waals surface area contributed by atoms with Crippen LogP contribution in [0.25, 0.3) is 37.4 Å². The van der Waals surface area contributed by atoms with Gasteiger partial charge in [0.15, 0.2) is 0 Å². The monoisotopic (exact) mass is 593 g/mol. The first-order valence-corrected chi connectivity index (χ1v) is 9.18. The van der Waals surface area contributed by atoms with Crippen molar-refractivity contribution in [3.8, 4) is 6.07 Å². The molecule has 0 radical (unpaired) electrons. The molecule has 144 valence electrons. The molecule has 4 aromatic rings. The van der Waals surface area contributed by atoms with Crippen LogP contribution in [0.5, 0.6) is 0 Å². The van der Waals surface area contributed by atoms with Gasteiger partial charge in [-0.05, 0) is 31.4 Å². The van der Waals surface area contributed by atoms with Crippen molar-refractivity contribution in [3.05, 3.63) is 81.3 Å². The Balaban J connectivity index is 0.000000289. The van der Waals surface area contributed by atoms with Crippen LogP contribution < -0.4 is 0 Å². The Labute approximate surface area is 194 Å². The van der Waals surface area contributed by atoms with E-state index in [2.05, 4.69) is 78.6 Å². The maximum Gasteiger partial charge on any atom is 2.00 e. The first-order valence-electron chi connectivity index (χ1n) is 8.37. The molecule has 0 aliphatic carbocycles. The van der Waals surface area contributed by atoms with Crippen LogP contribution in [0, 0.1) is 31.8 Å². The molecule has 2 aromatic carbocycles. The van der Waals surface area contributed by atoms with Crippen molar-refractivity contribution in [2.45, 2.75) is 13.8 Å². The molecule has 0 N–H and O–H groups in total. The van der Waals surface area contributed by atoms with Gasteiger partial charge in [-0.25, -0.2) is 0 Å². The number of nitrogens with zero attached hydrogens (tertiary/aromatic N) is 4. The van der Waals surface area contributed by atoms with Crippen molar-refractivity contribution < 1.29 is 21.1 Å². The van der Waals surface area contributed by atoms with Gasteiger partial charge in [-0.1, -0.05) is 36.4 Å². The van der Waals surface area contributed by atoms with Gasteiger partial charge in [-0.15, -0.1) is 4.91 Å². The molecule has 4 nitrogen and oxygen atoms in total. The van der Waals surface area contributed by atoms with Gasteiger partial charge in [0.25, 0.3) is 0 Å². The molecule has 0 spiro atoms. The van der Waals surface area contributed by atoms with E-state index in [9.17, 15) is 0 Å². The summed E-state index contributed by atoms with van der Waals surface area (Å²) in [4.78, 5) is 12.2. The van der Waals surface area contributed by atoms with Crippen LogP contribution in [0.3, 0.4) is 0 Å². The Morgan fingerprint density at radius 1 is 0.862 bits per heavy atom. The van der Waals surface area contributed by atoms with Gasteiger partial charge in [0, 0.05) is 32.6 Å². The summed E-state index contributed by atoms with van der Waals surface area (Å²) in [5, 5.41) is 12.6. The normalized spacial score (nSPS) is 10.9. The third-order valence-electron chi connectivity index (χ3n) is 4.18. The number of fused-ring (bicyclic) bond motifs is 5. The zero-order valence-electron chi connectivity index (χ0n) is 15.5. The summed E-state index contributed by atoms with van der Waals surface area (Å²) in [5.74, 6) is 0. The summed E-state index contributed by atoms with van der Waals surface area (Å²) in [6, 6.07) is 18.5. The summed E-state index contributed by atoms with van der Waals surface area (Å²) >= 11 is 8.72. The van der Waals surface area contributed by atoms with Gasteiger partial charge in [0.2, 0.25) is 0 Å². The summed E-state index contributed by atoms with van der Waals surface area (Å²) < 4.78 is 0. The SMILES string of the molecule is Cc1ccc2ccc3ccc4ccc(C)nc4c3c2n1.[C-]#[N+]/C([S-])=C(/[S-])C#N.[Pt+2]. The minimum Gasteiger partial charge on any atom is -0.812 e. The number of benzene rings is 2. The first kappa shape index (κ1) is 22.7. The van der Waals surface area contributed by atoms with E-state index in [1.807, 2.05) is 13.8 Å². The Morgan fingerprint density at radius 2 is 1.28 bits per heavy atom. The second-order valence-electron chi connectivity index (χ2n) is 6.14. The molecule has 0 aliphatic rings. The Hall–Kier alpha value is -2.63. The number of pyridine rings is 2. The Kier molecular flexibility index (Phi) is 7.59. The van der Waals surface area contributed by atoms with Crippen LogP contribution in [0.2, 0.25) is 0 Å². The summed E-state index contributed by atoms with van der Waals surface area (Å²) in [6.07, 6.45) is 0. The van der Waals surface area contributed by atoms with Gasteiger partial charge < -0.3 is 25.3 Å². The fourth-order valence-electron chi connectivity index (χ4n) is 2.87. The molecule has 0 amide bonds. The van der Waals surface area contributed by atoms with Gasteiger partial charge in [-0.3, -0.25) is 14.8 Å². The molecule has 0 saturated heterocycles. The molecule has 0 atom stereocenters. The zero-order chi connectivity index (χ0) is 20.3. The molecule has 4 rings (SSSR count). The topological polar surface area (TPSA) is 53.9 Å². The standard InChI is InChI=1S/C18H14N2.C4H2N2S2.Pt/c1-11-3-5-14-9-7-13-8-10-15-6-4-12(2)20-18(15)16(13)17(14)19-11;1-6-4(8)3(7)2-5;/h3-10H,1-2H3;7-8H;/q;;+2/p-2/b;4-3-;. The third kappa shape index (κ3) is 4.86. The predicted octanol–water partition coefficient (Wildman–Crippen LogP) is 5.24. The molecule has 0 unspecified atom stereocenters. The molecule has 2 heterocycles. The summed E-state index contributed by atoms with van der Waals surface area (Å²) in [7, 11) is 0. The largest absolute Gasteiger partial charge is 2.00 e. The number of aryl methyl sites for hydroxylation is 2.